The molecule has 0 saturated carbocycles. The molecule has 0 aliphatic carbocycles. The van der Waals surface area contributed by atoms with Crippen LogP contribution in [0.1, 0.15) is 11.7 Å². The van der Waals surface area contributed by atoms with Crippen molar-refractivity contribution >= 4 is 33.6 Å². The lowest BCUT2D eigenvalue weighted by molar-refractivity contribution is 0.141. The molecular weight excluding hydrogens is 269 g/mol. The van der Waals surface area contributed by atoms with E-state index in [-0.39, 0.29) is 6.10 Å². The van der Waals surface area contributed by atoms with Crippen molar-refractivity contribution in [2.45, 2.75) is 6.10 Å². The molecule has 1 aromatic rings. The van der Waals surface area contributed by atoms with E-state index in [2.05, 4.69) is 21.2 Å². The lowest BCUT2D eigenvalue weighted by Crippen LogP contribution is -2.12. The number of benzene rings is 1. The lowest BCUT2D eigenvalue weighted by atomic mass is 10.1. The Balaban J connectivity index is 2.36. The summed E-state index contributed by atoms with van der Waals surface area (Å²) in [5.74, 6) is 0. The summed E-state index contributed by atoms with van der Waals surface area (Å²) in [4.78, 5) is 10.9. The van der Waals surface area contributed by atoms with E-state index in [1.54, 1.807) is 6.07 Å². The van der Waals surface area contributed by atoms with E-state index >= 15 is 0 Å². The second kappa shape index (κ2) is 3.79. The van der Waals surface area contributed by atoms with Gasteiger partial charge in [0.15, 0.2) is 0 Å². The zero-order valence-corrected chi connectivity index (χ0v) is 9.43. The molecule has 1 unspecified atom stereocenters. The molecule has 5 heteroatoms. The van der Waals surface area contributed by atoms with E-state index in [1.807, 2.05) is 12.1 Å². The molecule has 1 heterocycles. The predicted octanol–water partition coefficient (Wildman–Crippen LogP) is 2.88. The summed E-state index contributed by atoms with van der Waals surface area (Å²) in [6.45, 7) is 0.459. The second-order valence-electron chi connectivity index (χ2n) is 2.91. The number of hydrogen-bond donors (Lipinski definition) is 1. The van der Waals surface area contributed by atoms with Gasteiger partial charge in [0.2, 0.25) is 0 Å². The number of carbonyl (C=O) groups is 1. The number of cyclic esters (lactones) is 1. The van der Waals surface area contributed by atoms with Crippen molar-refractivity contribution in [3.8, 4) is 0 Å². The Hall–Kier alpha value is -0.740. The number of nitrogens with one attached hydrogen (secondary N) is 1. The molecule has 1 saturated heterocycles. The Labute approximate surface area is 94.5 Å². The van der Waals surface area contributed by atoms with Gasteiger partial charge in [0.1, 0.15) is 6.10 Å². The third kappa shape index (κ3) is 1.72. The maximum atomic E-state index is 10.9. The summed E-state index contributed by atoms with van der Waals surface area (Å²) in [6, 6.07) is 5.47. The molecular formula is C9H7BrClNO2. The Bertz CT molecular complexity index is 363. The van der Waals surface area contributed by atoms with Gasteiger partial charge in [0, 0.05) is 15.1 Å². The summed E-state index contributed by atoms with van der Waals surface area (Å²) in [7, 11) is 0. The summed E-state index contributed by atoms with van der Waals surface area (Å²) in [5.41, 5.74) is 0.813. The van der Waals surface area contributed by atoms with Crippen LogP contribution < -0.4 is 5.32 Å². The fraction of sp³-hybridized carbons (Fsp3) is 0.222. The number of ether oxygens (including phenoxy) is 1. The van der Waals surface area contributed by atoms with Gasteiger partial charge in [-0.25, -0.2) is 4.79 Å². The number of carbonyl (C=O) groups excluding carboxylic acids is 1. The zero-order chi connectivity index (χ0) is 10.1. The third-order valence-corrected chi connectivity index (χ3v) is 3.02. The van der Waals surface area contributed by atoms with Gasteiger partial charge >= 0.3 is 6.09 Å². The zero-order valence-electron chi connectivity index (χ0n) is 7.09. The quantitative estimate of drug-likeness (QED) is 0.856. The first-order valence-corrected chi connectivity index (χ1v) is 5.24. The standard InChI is InChI=1S/C9H7BrClNO2/c10-5-2-1-3-6(11)8(5)7-4-12-9(13)14-7/h1-3,7H,4H2,(H,12,13). The molecule has 2 rings (SSSR count). The van der Waals surface area contributed by atoms with Crippen LogP contribution in [0, 0.1) is 0 Å². The van der Waals surface area contributed by atoms with Crippen LogP contribution in [0.2, 0.25) is 5.02 Å². The van der Waals surface area contributed by atoms with Crippen molar-refractivity contribution in [2.24, 2.45) is 0 Å². The van der Waals surface area contributed by atoms with Gasteiger partial charge in [-0.15, -0.1) is 0 Å². The van der Waals surface area contributed by atoms with Crippen LogP contribution in [0.15, 0.2) is 22.7 Å². The van der Waals surface area contributed by atoms with Crippen LogP contribution in [-0.2, 0) is 4.74 Å². The SMILES string of the molecule is O=C1NCC(c2c(Cl)cccc2Br)O1. The molecule has 74 valence electrons. The monoisotopic (exact) mass is 275 g/mol. The molecule has 3 nitrogen and oxygen atoms in total. The van der Waals surface area contributed by atoms with E-state index in [0.717, 1.165) is 10.0 Å². The van der Waals surface area contributed by atoms with Gasteiger partial charge in [0.25, 0.3) is 0 Å². The highest BCUT2D eigenvalue weighted by atomic mass is 79.9. The van der Waals surface area contributed by atoms with Gasteiger partial charge in [-0.3, -0.25) is 0 Å². The lowest BCUT2D eigenvalue weighted by Gasteiger charge is -2.11. The molecule has 0 radical (unpaired) electrons. The minimum atomic E-state index is -0.401. The molecule has 0 spiro atoms. The minimum Gasteiger partial charge on any atom is -0.439 e. The van der Waals surface area contributed by atoms with Crippen molar-refractivity contribution in [3.63, 3.8) is 0 Å². The first-order valence-electron chi connectivity index (χ1n) is 4.07. The van der Waals surface area contributed by atoms with E-state index in [1.165, 1.54) is 0 Å². The molecule has 1 amide bonds. The van der Waals surface area contributed by atoms with Crippen molar-refractivity contribution in [2.75, 3.05) is 6.54 Å². The van der Waals surface area contributed by atoms with Gasteiger partial charge in [-0.05, 0) is 12.1 Å². The molecule has 14 heavy (non-hydrogen) atoms. The highest BCUT2D eigenvalue weighted by Gasteiger charge is 2.27. The number of rotatable bonds is 1. The fourth-order valence-corrected chi connectivity index (χ4v) is 2.40. The fourth-order valence-electron chi connectivity index (χ4n) is 1.37. The summed E-state index contributed by atoms with van der Waals surface area (Å²) in [6.07, 6.45) is -0.701. The summed E-state index contributed by atoms with van der Waals surface area (Å²) >= 11 is 9.38. The van der Waals surface area contributed by atoms with Crippen LogP contribution >= 0.6 is 27.5 Å². The number of alkyl carbamates (subject to hydrolysis) is 1. The van der Waals surface area contributed by atoms with Crippen LogP contribution in [0.25, 0.3) is 0 Å². The van der Waals surface area contributed by atoms with Crippen LogP contribution in [-0.4, -0.2) is 12.6 Å². The Morgan fingerprint density at radius 1 is 1.57 bits per heavy atom. The van der Waals surface area contributed by atoms with Crippen molar-refractivity contribution in [1.29, 1.82) is 0 Å². The second-order valence-corrected chi connectivity index (χ2v) is 4.17. The van der Waals surface area contributed by atoms with Crippen molar-refractivity contribution in [1.82, 2.24) is 5.32 Å². The average Bonchev–Trinajstić information content (AvgIpc) is 2.51. The van der Waals surface area contributed by atoms with Gasteiger partial charge in [-0.2, -0.15) is 0 Å². The summed E-state index contributed by atoms with van der Waals surface area (Å²) in [5, 5.41) is 3.18. The van der Waals surface area contributed by atoms with Crippen LogP contribution in [0.5, 0.6) is 0 Å². The largest absolute Gasteiger partial charge is 0.439 e. The van der Waals surface area contributed by atoms with Crippen molar-refractivity contribution in [3.05, 3.63) is 33.3 Å². The topological polar surface area (TPSA) is 38.3 Å². The third-order valence-electron chi connectivity index (χ3n) is 2.00. The molecule has 1 N–H and O–H groups in total. The Morgan fingerprint density at radius 2 is 2.36 bits per heavy atom. The summed E-state index contributed by atoms with van der Waals surface area (Å²) < 4.78 is 5.90. The van der Waals surface area contributed by atoms with Crippen LogP contribution in [0.4, 0.5) is 4.79 Å². The molecule has 0 aromatic heterocycles. The number of halogens is 2. The van der Waals surface area contributed by atoms with Crippen molar-refractivity contribution < 1.29 is 9.53 Å². The van der Waals surface area contributed by atoms with Gasteiger partial charge in [-0.1, -0.05) is 33.6 Å². The highest BCUT2D eigenvalue weighted by Crippen LogP contribution is 2.33. The molecule has 1 fully saturated rings. The van der Waals surface area contributed by atoms with E-state index in [0.29, 0.717) is 11.6 Å². The Kier molecular flexibility index (Phi) is 2.65. The van der Waals surface area contributed by atoms with Crippen LogP contribution in [0.3, 0.4) is 0 Å². The predicted molar refractivity (Wildman–Crippen MR) is 56.4 cm³/mol. The number of hydrogen-bond acceptors (Lipinski definition) is 2. The van der Waals surface area contributed by atoms with E-state index < -0.39 is 6.09 Å². The van der Waals surface area contributed by atoms with Gasteiger partial charge < -0.3 is 10.1 Å². The average molecular weight is 277 g/mol. The molecule has 1 aliphatic rings. The smallest absolute Gasteiger partial charge is 0.407 e. The normalized spacial score (nSPS) is 20.4. The maximum absolute atomic E-state index is 10.9. The maximum Gasteiger partial charge on any atom is 0.407 e. The number of amides is 1. The molecule has 1 aromatic carbocycles. The van der Waals surface area contributed by atoms with E-state index in [4.69, 9.17) is 16.3 Å². The minimum absolute atomic E-state index is 0.300. The molecule has 0 bridgehead atoms. The Morgan fingerprint density at radius 3 is 2.93 bits per heavy atom. The highest BCUT2D eigenvalue weighted by molar-refractivity contribution is 9.10. The first-order chi connectivity index (χ1) is 6.68. The first kappa shape index (κ1) is 9.80. The molecule has 1 aliphatic heterocycles. The molecule has 1 atom stereocenters. The van der Waals surface area contributed by atoms with Gasteiger partial charge in [0.05, 0.1) is 6.54 Å². The van der Waals surface area contributed by atoms with E-state index in [9.17, 15) is 4.79 Å².